The molecule has 3 rings (SSSR count). The number of nitrogens with zero attached hydrogens (tertiary/aromatic N) is 1. The maximum Gasteiger partial charge on any atom is 0.328 e. The molecule has 1 fully saturated rings. The molecule has 2 aromatic carbocycles. The molecule has 3 amide bonds. The highest BCUT2D eigenvalue weighted by atomic mass is 32.2. The predicted molar refractivity (Wildman–Crippen MR) is 115 cm³/mol. The van der Waals surface area contributed by atoms with Crippen LogP contribution in [0.4, 0.5) is 11.4 Å². The standard InChI is InChI=1S/C22H20N2O5S/c1-13-3-6-16(11-14(13)2)24-20(26)12-18(22(24)29)30-17-7-4-15(5-8-17)23-19(25)9-10-21(27)28/h3-11,18H,12H2,1-2H3,(H,23,25)(H,27,28)/b10-9+/t18-/m0/s1. The number of anilines is 2. The zero-order valence-electron chi connectivity index (χ0n) is 16.4. The Hall–Kier alpha value is -3.39. The minimum Gasteiger partial charge on any atom is -0.478 e. The third-order valence-electron chi connectivity index (χ3n) is 4.63. The second-order valence-corrected chi connectivity index (χ2v) is 8.11. The van der Waals surface area contributed by atoms with Crippen molar-refractivity contribution in [1.82, 2.24) is 0 Å². The number of carbonyl (C=O) groups is 4. The van der Waals surface area contributed by atoms with Crippen LogP contribution in [0.15, 0.2) is 59.5 Å². The Morgan fingerprint density at radius 2 is 1.77 bits per heavy atom. The lowest BCUT2D eigenvalue weighted by molar-refractivity contribution is -0.131. The monoisotopic (exact) mass is 424 g/mol. The first-order valence-corrected chi connectivity index (χ1v) is 10.1. The first kappa shape index (κ1) is 21.3. The lowest BCUT2D eigenvalue weighted by Crippen LogP contribution is -2.31. The molecule has 8 heteroatoms. The number of hydrogen-bond donors (Lipinski definition) is 2. The van der Waals surface area contributed by atoms with Crippen molar-refractivity contribution < 1.29 is 24.3 Å². The largest absolute Gasteiger partial charge is 0.478 e. The molecule has 2 aromatic rings. The van der Waals surface area contributed by atoms with Crippen molar-refractivity contribution in [1.29, 1.82) is 0 Å². The van der Waals surface area contributed by atoms with Crippen molar-refractivity contribution in [3.05, 3.63) is 65.7 Å². The fourth-order valence-electron chi connectivity index (χ4n) is 2.94. The molecule has 1 atom stereocenters. The quantitative estimate of drug-likeness (QED) is 0.545. The SMILES string of the molecule is Cc1ccc(N2C(=O)C[C@H](Sc3ccc(NC(=O)/C=C/C(=O)O)cc3)C2=O)cc1C. The molecule has 1 aliphatic rings. The van der Waals surface area contributed by atoms with E-state index >= 15 is 0 Å². The first-order valence-electron chi connectivity index (χ1n) is 9.17. The molecule has 1 heterocycles. The Morgan fingerprint density at radius 1 is 1.07 bits per heavy atom. The van der Waals surface area contributed by atoms with Crippen LogP contribution >= 0.6 is 11.8 Å². The van der Waals surface area contributed by atoms with Crippen molar-refractivity contribution >= 4 is 46.8 Å². The summed E-state index contributed by atoms with van der Waals surface area (Å²) in [6.45, 7) is 3.91. The smallest absolute Gasteiger partial charge is 0.328 e. The second-order valence-electron chi connectivity index (χ2n) is 6.83. The van der Waals surface area contributed by atoms with E-state index in [1.54, 1.807) is 30.3 Å². The van der Waals surface area contributed by atoms with E-state index in [-0.39, 0.29) is 18.2 Å². The molecule has 0 spiro atoms. The van der Waals surface area contributed by atoms with Crippen molar-refractivity contribution in [2.45, 2.75) is 30.4 Å². The molecular formula is C22H20N2O5S. The van der Waals surface area contributed by atoms with Crippen molar-refractivity contribution in [3.8, 4) is 0 Å². The second kappa shape index (κ2) is 8.96. The van der Waals surface area contributed by atoms with E-state index in [0.29, 0.717) is 11.4 Å². The van der Waals surface area contributed by atoms with Gasteiger partial charge in [0.05, 0.1) is 10.9 Å². The van der Waals surface area contributed by atoms with Gasteiger partial charge in [0, 0.05) is 29.2 Å². The van der Waals surface area contributed by atoms with Gasteiger partial charge >= 0.3 is 5.97 Å². The van der Waals surface area contributed by atoms with Crippen LogP contribution in [0, 0.1) is 13.8 Å². The van der Waals surface area contributed by atoms with Gasteiger partial charge in [-0.25, -0.2) is 9.69 Å². The van der Waals surface area contributed by atoms with E-state index in [9.17, 15) is 19.2 Å². The van der Waals surface area contributed by atoms with Crippen molar-refractivity contribution in [3.63, 3.8) is 0 Å². The Kier molecular flexibility index (Phi) is 6.37. The molecule has 30 heavy (non-hydrogen) atoms. The van der Waals surface area contributed by atoms with E-state index < -0.39 is 17.1 Å². The van der Waals surface area contributed by atoms with E-state index in [4.69, 9.17) is 5.11 Å². The third-order valence-corrected chi connectivity index (χ3v) is 5.83. The molecule has 154 valence electrons. The van der Waals surface area contributed by atoms with Crippen LogP contribution in [-0.4, -0.2) is 34.0 Å². The maximum atomic E-state index is 12.8. The van der Waals surface area contributed by atoms with Crippen LogP contribution in [-0.2, 0) is 19.2 Å². The first-order chi connectivity index (χ1) is 14.2. The molecular weight excluding hydrogens is 404 g/mol. The number of thioether (sulfide) groups is 1. The van der Waals surface area contributed by atoms with Gasteiger partial charge < -0.3 is 10.4 Å². The third kappa shape index (κ3) is 4.96. The molecule has 1 aliphatic heterocycles. The van der Waals surface area contributed by atoms with Gasteiger partial charge in [0.2, 0.25) is 17.7 Å². The summed E-state index contributed by atoms with van der Waals surface area (Å²) in [6, 6.07) is 12.3. The molecule has 0 radical (unpaired) electrons. The number of carboxylic acids is 1. The number of carbonyl (C=O) groups excluding carboxylic acids is 3. The van der Waals surface area contributed by atoms with Crippen molar-refractivity contribution in [2.24, 2.45) is 0 Å². The summed E-state index contributed by atoms with van der Waals surface area (Å²) in [7, 11) is 0. The van der Waals surface area contributed by atoms with Crippen molar-refractivity contribution in [2.75, 3.05) is 10.2 Å². The van der Waals surface area contributed by atoms with Gasteiger partial charge in [-0.3, -0.25) is 14.4 Å². The Bertz CT molecular complexity index is 1050. The van der Waals surface area contributed by atoms with Gasteiger partial charge in [-0.05, 0) is 61.4 Å². The average molecular weight is 424 g/mol. The summed E-state index contributed by atoms with van der Waals surface area (Å²) in [5.41, 5.74) is 3.18. The lowest BCUT2D eigenvalue weighted by atomic mass is 10.1. The summed E-state index contributed by atoms with van der Waals surface area (Å²) in [6.07, 6.45) is 1.80. The van der Waals surface area contributed by atoms with Crippen LogP contribution in [0.25, 0.3) is 0 Å². The highest BCUT2D eigenvalue weighted by molar-refractivity contribution is 8.00. The van der Waals surface area contributed by atoms with E-state index in [1.807, 2.05) is 26.0 Å². The van der Waals surface area contributed by atoms with Gasteiger partial charge in [-0.2, -0.15) is 0 Å². The van der Waals surface area contributed by atoms with Crippen LogP contribution < -0.4 is 10.2 Å². The minimum atomic E-state index is -1.21. The zero-order chi connectivity index (χ0) is 21.8. The van der Waals surface area contributed by atoms with Gasteiger partial charge in [0.1, 0.15) is 0 Å². The number of hydrogen-bond acceptors (Lipinski definition) is 5. The number of carboxylic acid groups (broad SMARTS) is 1. The topological polar surface area (TPSA) is 104 Å². The number of nitrogens with one attached hydrogen (secondary N) is 1. The molecule has 0 aromatic heterocycles. The van der Waals surface area contributed by atoms with Crippen LogP contribution in [0.1, 0.15) is 17.5 Å². The fourth-order valence-corrected chi connectivity index (χ4v) is 4.00. The minimum absolute atomic E-state index is 0.120. The van der Waals surface area contributed by atoms with Gasteiger partial charge in [0.15, 0.2) is 0 Å². The summed E-state index contributed by atoms with van der Waals surface area (Å²) in [5, 5.41) is 10.6. The number of benzene rings is 2. The van der Waals surface area contributed by atoms with Crippen LogP contribution in [0.5, 0.6) is 0 Å². The Balaban J connectivity index is 1.66. The molecule has 2 N–H and O–H groups in total. The number of imide groups is 1. The molecule has 7 nitrogen and oxygen atoms in total. The van der Waals surface area contributed by atoms with E-state index in [0.717, 1.165) is 28.2 Å². The maximum absolute atomic E-state index is 12.8. The summed E-state index contributed by atoms with van der Waals surface area (Å²) < 4.78 is 0. The Morgan fingerprint density at radius 3 is 2.40 bits per heavy atom. The van der Waals surface area contributed by atoms with Crippen LogP contribution in [0.3, 0.4) is 0 Å². The summed E-state index contributed by atoms with van der Waals surface area (Å²) in [4.78, 5) is 49.4. The summed E-state index contributed by atoms with van der Waals surface area (Å²) >= 11 is 1.29. The Labute approximate surface area is 177 Å². The zero-order valence-corrected chi connectivity index (χ0v) is 17.2. The number of amides is 3. The molecule has 0 aliphatic carbocycles. The summed E-state index contributed by atoms with van der Waals surface area (Å²) in [5.74, 6) is -2.24. The highest BCUT2D eigenvalue weighted by Gasteiger charge is 2.40. The molecule has 1 saturated heterocycles. The number of aliphatic carboxylic acids is 1. The number of rotatable bonds is 6. The van der Waals surface area contributed by atoms with E-state index in [1.165, 1.54) is 16.7 Å². The normalized spacial score (nSPS) is 16.3. The van der Waals surface area contributed by atoms with E-state index in [2.05, 4.69) is 5.32 Å². The molecule has 0 saturated carbocycles. The van der Waals surface area contributed by atoms with Gasteiger partial charge in [-0.1, -0.05) is 6.07 Å². The highest BCUT2D eigenvalue weighted by Crippen LogP contribution is 2.34. The average Bonchev–Trinajstić information content (AvgIpc) is 2.97. The fraction of sp³-hybridized carbons (Fsp3) is 0.182. The molecule has 0 unspecified atom stereocenters. The van der Waals surface area contributed by atoms with Crippen LogP contribution in [0.2, 0.25) is 0 Å². The van der Waals surface area contributed by atoms with Gasteiger partial charge in [-0.15, -0.1) is 11.8 Å². The van der Waals surface area contributed by atoms with Gasteiger partial charge in [0.25, 0.3) is 0 Å². The molecule has 0 bridgehead atoms. The lowest BCUT2D eigenvalue weighted by Gasteiger charge is -2.16. The number of aryl methyl sites for hydroxylation is 2. The predicted octanol–water partition coefficient (Wildman–Crippen LogP) is 3.31.